The minimum atomic E-state index is 0.497. The number of aromatic nitrogens is 1. The summed E-state index contributed by atoms with van der Waals surface area (Å²) in [5.41, 5.74) is 1.89. The van der Waals surface area contributed by atoms with E-state index in [1.807, 2.05) is 31.2 Å². The molecule has 1 aliphatic heterocycles. The van der Waals surface area contributed by atoms with Crippen molar-refractivity contribution in [2.45, 2.75) is 32.5 Å². The van der Waals surface area contributed by atoms with E-state index in [2.05, 4.69) is 27.9 Å². The fourth-order valence-electron chi connectivity index (χ4n) is 3.14. The Morgan fingerprint density at radius 1 is 1.43 bits per heavy atom. The normalized spacial score (nSPS) is 18.4. The number of oxazole rings is 1. The molecule has 1 aliphatic rings. The number of hydrogen-bond acceptors (Lipinski definition) is 5. The molecule has 1 atom stereocenters. The molecule has 0 unspecified atom stereocenters. The topological polar surface area (TPSA) is 56.3 Å². The average molecular weight is 310 g/mol. The highest BCUT2D eigenvalue weighted by Crippen LogP contribution is 2.20. The maximum Gasteiger partial charge on any atom is 0.208 e. The maximum atomic E-state index is 9.20. The van der Waals surface area contributed by atoms with Gasteiger partial charge in [-0.15, -0.1) is 0 Å². The number of likely N-dealkylation sites (N-methyl/N-ethyl adjacent to an activating group) is 1. The van der Waals surface area contributed by atoms with Crippen molar-refractivity contribution in [1.29, 1.82) is 5.26 Å². The summed E-state index contributed by atoms with van der Waals surface area (Å²) in [7, 11) is 2.12. The molecule has 3 rings (SSSR count). The SMILES string of the molecule is Cc1cnc(CN(C)[C@H]2CCN(Cc3ccccc3C#N)C2)o1. The van der Waals surface area contributed by atoms with Gasteiger partial charge in [-0.1, -0.05) is 18.2 Å². The Labute approximate surface area is 137 Å². The van der Waals surface area contributed by atoms with Crippen molar-refractivity contribution in [1.82, 2.24) is 14.8 Å². The third-order valence-corrected chi connectivity index (χ3v) is 4.46. The van der Waals surface area contributed by atoms with Gasteiger partial charge in [0.05, 0.1) is 24.4 Å². The lowest BCUT2D eigenvalue weighted by atomic mass is 10.1. The predicted octanol–water partition coefficient (Wildman–Crippen LogP) is 2.56. The largest absolute Gasteiger partial charge is 0.445 e. The molecular weight excluding hydrogens is 288 g/mol. The Bertz CT molecular complexity index is 703. The Kier molecular flexibility index (Phi) is 4.75. The zero-order valence-electron chi connectivity index (χ0n) is 13.7. The van der Waals surface area contributed by atoms with Crippen molar-refractivity contribution in [3.8, 4) is 6.07 Å². The van der Waals surface area contributed by atoms with E-state index in [-0.39, 0.29) is 0 Å². The van der Waals surface area contributed by atoms with Crippen LogP contribution < -0.4 is 0 Å². The molecule has 1 aromatic heterocycles. The monoisotopic (exact) mass is 310 g/mol. The van der Waals surface area contributed by atoms with Crippen LogP contribution in [0.3, 0.4) is 0 Å². The summed E-state index contributed by atoms with van der Waals surface area (Å²) in [5.74, 6) is 1.63. The Balaban J connectivity index is 1.57. The molecule has 0 aliphatic carbocycles. The maximum absolute atomic E-state index is 9.20. The number of nitrogens with zero attached hydrogens (tertiary/aromatic N) is 4. The van der Waals surface area contributed by atoms with Gasteiger partial charge < -0.3 is 4.42 Å². The molecule has 0 saturated carbocycles. The third kappa shape index (κ3) is 3.79. The van der Waals surface area contributed by atoms with Crippen LogP contribution in [0.1, 0.15) is 29.2 Å². The second kappa shape index (κ2) is 6.95. The molecule has 23 heavy (non-hydrogen) atoms. The Morgan fingerprint density at radius 2 is 2.26 bits per heavy atom. The fraction of sp³-hybridized carbons (Fsp3) is 0.444. The number of hydrogen-bond donors (Lipinski definition) is 0. The minimum absolute atomic E-state index is 0.497. The third-order valence-electron chi connectivity index (χ3n) is 4.46. The van der Waals surface area contributed by atoms with E-state index in [0.29, 0.717) is 6.04 Å². The zero-order chi connectivity index (χ0) is 16.2. The first-order chi connectivity index (χ1) is 11.2. The Hall–Kier alpha value is -2.16. The summed E-state index contributed by atoms with van der Waals surface area (Å²) in [6.45, 7) is 5.56. The number of benzene rings is 1. The molecule has 1 aromatic carbocycles. The van der Waals surface area contributed by atoms with E-state index in [9.17, 15) is 5.26 Å². The predicted molar refractivity (Wildman–Crippen MR) is 87.5 cm³/mol. The van der Waals surface area contributed by atoms with Gasteiger partial charge in [0.2, 0.25) is 5.89 Å². The van der Waals surface area contributed by atoms with E-state index in [1.165, 1.54) is 0 Å². The summed E-state index contributed by atoms with van der Waals surface area (Å²) < 4.78 is 5.56. The molecule has 0 spiro atoms. The van der Waals surface area contributed by atoms with Crippen LogP contribution in [0.25, 0.3) is 0 Å². The van der Waals surface area contributed by atoms with Crippen molar-refractivity contribution >= 4 is 0 Å². The van der Waals surface area contributed by atoms with Gasteiger partial charge in [0.25, 0.3) is 0 Å². The summed E-state index contributed by atoms with van der Waals surface area (Å²) in [4.78, 5) is 9.00. The lowest BCUT2D eigenvalue weighted by molar-refractivity contribution is 0.204. The molecule has 1 fully saturated rings. The van der Waals surface area contributed by atoms with Gasteiger partial charge in [-0.05, 0) is 32.0 Å². The molecule has 0 amide bonds. The molecule has 1 saturated heterocycles. The highest BCUT2D eigenvalue weighted by molar-refractivity contribution is 5.37. The van der Waals surface area contributed by atoms with Crippen LogP contribution in [0.2, 0.25) is 0 Å². The van der Waals surface area contributed by atoms with Gasteiger partial charge in [-0.3, -0.25) is 9.80 Å². The molecule has 0 radical (unpaired) electrons. The summed E-state index contributed by atoms with van der Waals surface area (Å²) in [6.07, 6.45) is 2.90. The number of rotatable bonds is 5. The van der Waals surface area contributed by atoms with E-state index in [4.69, 9.17) is 4.42 Å². The van der Waals surface area contributed by atoms with Crippen LogP contribution in [-0.4, -0.2) is 41.0 Å². The standard InChI is InChI=1S/C18H22N4O/c1-14-10-20-18(23-14)13-21(2)17-7-8-22(12-17)11-16-6-4-3-5-15(16)9-19/h3-6,10,17H,7-8,11-13H2,1-2H3/t17-/m0/s1. The van der Waals surface area contributed by atoms with Crippen molar-refractivity contribution < 1.29 is 4.42 Å². The van der Waals surface area contributed by atoms with Crippen LogP contribution in [0.15, 0.2) is 34.9 Å². The van der Waals surface area contributed by atoms with Crippen LogP contribution in [0, 0.1) is 18.3 Å². The molecule has 2 heterocycles. The van der Waals surface area contributed by atoms with E-state index in [0.717, 1.165) is 55.4 Å². The first kappa shape index (κ1) is 15.7. The number of aryl methyl sites for hydroxylation is 1. The highest BCUT2D eigenvalue weighted by atomic mass is 16.4. The lowest BCUT2D eigenvalue weighted by Gasteiger charge is -2.23. The minimum Gasteiger partial charge on any atom is -0.445 e. The molecule has 0 N–H and O–H groups in total. The molecule has 0 bridgehead atoms. The van der Waals surface area contributed by atoms with Crippen LogP contribution in [0.5, 0.6) is 0 Å². The summed E-state index contributed by atoms with van der Waals surface area (Å²) in [5, 5.41) is 9.20. The molecule has 5 heteroatoms. The van der Waals surface area contributed by atoms with E-state index >= 15 is 0 Å². The smallest absolute Gasteiger partial charge is 0.208 e. The summed E-state index contributed by atoms with van der Waals surface area (Å²) in [6, 6.07) is 10.6. The zero-order valence-corrected chi connectivity index (χ0v) is 13.7. The van der Waals surface area contributed by atoms with Crippen LogP contribution >= 0.6 is 0 Å². The first-order valence-corrected chi connectivity index (χ1v) is 7.97. The van der Waals surface area contributed by atoms with E-state index < -0.39 is 0 Å². The first-order valence-electron chi connectivity index (χ1n) is 7.97. The van der Waals surface area contributed by atoms with Gasteiger partial charge in [-0.2, -0.15) is 5.26 Å². The van der Waals surface area contributed by atoms with Crippen LogP contribution in [0.4, 0.5) is 0 Å². The van der Waals surface area contributed by atoms with Crippen molar-refractivity contribution in [3.63, 3.8) is 0 Å². The summed E-state index contributed by atoms with van der Waals surface area (Å²) >= 11 is 0. The Morgan fingerprint density at radius 3 is 3.00 bits per heavy atom. The quantitative estimate of drug-likeness (QED) is 0.849. The molecular formula is C18H22N4O. The van der Waals surface area contributed by atoms with Gasteiger partial charge in [0, 0.05) is 25.7 Å². The molecule has 120 valence electrons. The number of nitriles is 1. The fourth-order valence-corrected chi connectivity index (χ4v) is 3.14. The van der Waals surface area contributed by atoms with Crippen molar-refractivity contribution in [3.05, 3.63) is 53.2 Å². The average Bonchev–Trinajstić information content (AvgIpc) is 3.17. The van der Waals surface area contributed by atoms with Gasteiger partial charge in [-0.25, -0.2) is 4.98 Å². The highest BCUT2D eigenvalue weighted by Gasteiger charge is 2.26. The van der Waals surface area contributed by atoms with Crippen molar-refractivity contribution in [2.24, 2.45) is 0 Å². The number of likely N-dealkylation sites (tertiary alicyclic amines) is 1. The van der Waals surface area contributed by atoms with Crippen molar-refractivity contribution in [2.75, 3.05) is 20.1 Å². The van der Waals surface area contributed by atoms with Crippen LogP contribution in [-0.2, 0) is 13.1 Å². The van der Waals surface area contributed by atoms with Gasteiger partial charge in [0.15, 0.2) is 0 Å². The van der Waals surface area contributed by atoms with Gasteiger partial charge in [0.1, 0.15) is 5.76 Å². The lowest BCUT2D eigenvalue weighted by Crippen LogP contribution is -2.34. The second-order valence-electron chi connectivity index (χ2n) is 6.23. The molecule has 5 nitrogen and oxygen atoms in total. The van der Waals surface area contributed by atoms with E-state index in [1.54, 1.807) is 6.20 Å². The van der Waals surface area contributed by atoms with Gasteiger partial charge >= 0.3 is 0 Å². The second-order valence-corrected chi connectivity index (χ2v) is 6.23. The molecule has 2 aromatic rings.